The molecule has 0 N–H and O–H groups in total. The Kier molecular flexibility index (Phi) is 5.43. The van der Waals surface area contributed by atoms with Crippen LogP contribution in [0, 0.1) is 0 Å². The first-order valence-corrected chi connectivity index (χ1v) is 8.60. The van der Waals surface area contributed by atoms with Crippen molar-refractivity contribution < 1.29 is 14.3 Å². The van der Waals surface area contributed by atoms with Crippen molar-refractivity contribution in [2.24, 2.45) is 0 Å². The van der Waals surface area contributed by atoms with Gasteiger partial charge >= 0.3 is 0 Å². The summed E-state index contributed by atoms with van der Waals surface area (Å²) in [4.78, 5) is 31.0. The van der Waals surface area contributed by atoms with Gasteiger partial charge in [-0.2, -0.15) is 0 Å². The molecular formula is C20H22N2O3. The molecule has 2 aromatic rings. The third kappa shape index (κ3) is 4.24. The minimum atomic E-state index is -0.600. The smallest absolute Gasteiger partial charge is 0.263 e. The lowest BCUT2D eigenvalue weighted by Gasteiger charge is -2.27. The lowest BCUT2D eigenvalue weighted by atomic mass is 10.0. The molecule has 1 aromatic carbocycles. The molecule has 25 heavy (non-hydrogen) atoms. The fourth-order valence-corrected chi connectivity index (χ4v) is 3.20. The molecule has 1 aliphatic rings. The summed E-state index contributed by atoms with van der Waals surface area (Å²) < 4.78 is 5.69. The van der Waals surface area contributed by atoms with E-state index in [4.69, 9.17) is 4.74 Å². The van der Waals surface area contributed by atoms with E-state index in [1.54, 1.807) is 36.4 Å². The molecule has 2 atom stereocenters. The van der Waals surface area contributed by atoms with Crippen molar-refractivity contribution in [3.63, 3.8) is 0 Å². The van der Waals surface area contributed by atoms with Gasteiger partial charge in [-0.3, -0.25) is 14.6 Å². The van der Waals surface area contributed by atoms with Crippen molar-refractivity contribution >= 4 is 11.7 Å². The number of Topliss-reactive ketones (excluding diaryl/α,β-unsaturated/α-hetero) is 1. The van der Waals surface area contributed by atoms with Crippen molar-refractivity contribution in [3.8, 4) is 5.75 Å². The molecule has 5 nitrogen and oxygen atoms in total. The summed E-state index contributed by atoms with van der Waals surface area (Å²) in [6, 6.07) is 12.7. The number of benzene rings is 1. The standard InChI is InChI=1S/C20H22N2O3/c1-15(25-18-10-5-11-21-14-18)20(24)22-12-6-9-17(22)13-19(23)16-7-3-2-4-8-16/h2-5,7-8,10-11,14-15,17H,6,9,12-13H2,1H3/t15-,17+/m0/s1. The Bertz CT molecular complexity index is 718. The van der Waals surface area contributed by atoms with E-state index in [1.807, 2.05) is 30.3 Å². The molecule has 0 radical (unpaired) electrons. The number of ether oxygens (including phenoxy) is 1. The number of carbonyl (C=O) groups is 2. The fraction of sp³-hybridized carbons (Fsp3) is 0.350. The molecule has 0 unspecified atom stereocenters. The summed E-state index contributed by atoms with van der Waals surface area (Å²) in [6.07, 6.45) is 4.77. The highest BCUT2D eigenvalue weighted by atomic mass is 16.5. The summed E-state index contributed by atoms with van der Waals surface area (Å²) in [6.45, 7) is 2.41. The molecular weight excluding hydrogens is 316 g/mol. The number of amides is 1. The van der Waals surface area contributed by atoms with Crippen molar-refractivity contribution in [3.05, 3.63) is 60.4 Å². The van der Waals surface area contributed by atoms with E-state index in [2.05, 4.69) is 4.98 Å². The Morgan fingerprint density at radius 1 is 1.24 bits per heavy atom. The molecule has 0 aliphatic carbocycles. The predicted molar refractivity (Wildman–Crippen MR) is 94.5 cm³/mol. The van der Waals surface area contributed by atoms with Crippen molar-refractivity contribution in [1.29, 1.82) is 0 Å². The first-order chi connectivity index (χ1) is 12.1. The van der Waals surface area contributed by atoms with Gasteiger partial charge in [-0.25, -0.2) is 0 Å². The summed E-state index contributed by atoms with van der Waals surface area (Å²) in [5.74, 6) is 0.567. The van der Waals surface area contributed by atoms with Crippen LogP contribution in [-0.2, 0) is 4.79 Å². The lowest BCUT2D eigenvalue weighted by molar-refractivity contribution is -0.138. The number of carbonyl (C=O) groups excluding carboxylic acids is 2. The number of ketones is 1. The first-order valence-electron chi connectivity index (χ1n) is 8.60. The summed E-state index contributed by atoms with van der Waals surface area (Å²) in [5, 5.41) is 0. The van der Waals surface area contributed by atoms with Gasteiger partial charge in [-0.1, -0.05) is 30.3 Å². The average Bonchev–Trinajstić information content (AvgIpc) is 3.10. The molecule has 0 bridgehead atoms. The molecule has 1 aliphatic heterocycles. The molecule has 1 amide bonds. The molecule has 1 saturated heterocycles. The minimum Gasteiger partial charge on any atom is -0.479 e. The van der Waals surface area contributed by atoms with Crippen molar-refractivity contribution in [2.75, 3.05) is 6.54 Å². The van der Waals surface area contributed by atoms with E-state index in [0.29, 0.717) is 24.3 Å². The molecule has 130 valence electrons. The van der Waals surface area contributed by atoms with E-state index >= 15 is 0 Å². The topological polar surface area (TPSA) is 59.5 Å². The predicted octanol–water partition coefficient (Wildman–Crippen LogP) is 3.11. The van der Waals surface area contributed by atoms with Gasteiger partial charge in [0.25, 0.3) is 5.91 Å². The third-order valence-corrected chi connectivity index (χ3v) is 4.47. The molecule has 0 saturated carbocycles. The van der Waals surface area contributed by atoms with E-state index < -0.39 is 6.10 Å². The van der Waals surface area contributed by atoms with Crippen LogP contribution in [0.3, 0.4) is 0 Å². The number of hydrogen-bond acceptors (Lipinski definition) is 4. The Labute approximate surface area is 147 Å². The van der Waals surface area contributed by atoms with Crippen molar-refractivity contribution in [1.82, 2.24) is 9.88 Å². The SMILES string of the molecule is C[C@H](Oc1cccnc1)C(=O)N1CCC[C@@H]1CC(=O)c1ccccc1. The largest absolute Gasteiger partial charge is 0.479 e. The van der Waals surface area contributed by atoms with Crippen LogP contribution >= 0.6 is 0 Å². The number of hydrogen-bond donors (Lipinski definition) is 0. The van der Waals surface area contributed by atoms with E-state index in [0.717, 1.165) is 12.8 Å². The van der Waals surface area contributed by atoms with E-state index in [-0.39, 0.29) is 17.7 Å². The highest BCUT2D eigenvalue weighted by Crippen LogP contribution is 2.23. The summed E-state index contributed by atoms with van der Waals surface area (Å²) >= 11 is 0. The zero-order chi connectivity index (χ0) is 17.6. The van der Waals surface area contributed by atoms with Gasteiger partial charge < -0.3 is 9.64 Å². The molecule has 2 heterocycles. The van der Waals surface area contributed by atoms with Gasteiger partial charge in [0.05, 0.1) is 6.20 Å². The second kappa shape index (κ2) is 7.92. The Morgan fingerprint density at radius 3 is 2.76 bits per heavy atom. The van der Waals surface area contributed by atoms with E-state index in [1.165, 1.54) is 0 Å². The Hall–Kier alpha value is -2.69. The van der Waals surface area contributed by atoms with Crippen LogP contribution in [-0.4, -0.2) is 40.3 Å². The average molecular weight is 338 g/mol. The van der Waals surface area contributed by atoms with Crippen LogP contribution in [0.2, 0.25) is 0 Å². The number of pyridine rings is 1. The van der Waals surface area contributed by atoms with Crippen LogP contribution in [0.4, 0.5) is 0 Å². The maximum Gasteiger partial charge on any atom is 0.263 e. The Balaban J connectivity index is 1.62. The highest BCUT2D eigenvalue weighted by Gasteiger charge is 2.33. The molecule has 1 fully saturated rings. The second-order valence-corrected chi connectivity index (χ2v) is 6.27. The van der Waals surface area contributed by atoms with Gasteiger partial charge in [0.1, 0.15) is 5.75 Å². The van der Waals surface area contributed by atoms with Crippen LogP contribution in [0.15, 0.2) is 54.9 Å². The normalized spacial score (nSPS) is 18.0. The number of likely N-dealkylation sites (tertiary alicyclic amines) is 1. The maximum absolute atomic E-state index is 12.7. The first kappa shape index (κ1) is 17.1. The Morgan fingerprint density at radius 2 is 2.04 bits per heavy atom. The van der Waals surface area contributed by atoms with E-state index in [9.17, 15) is 9.59 Å². The molecule has 3 rings (SSSR count). The number of nitrogens with zero attached hydrogens (tertiary/aromatic N) is 2. The number of rotatable bonds is 6. The zero-order valence-electron chi connectivity index (χ0n) is 14.3. The van der Waals surface area contributed by atoms with Gasteiger partial charge in [0.2, 0.25) is 0 Å². The number of aromatic nitrogens is 1. The highest BCUT2D eigenvalue weighted by molar-refractivity contribution is 5.96. The van der Waals surface area contributed by atoms with Gasteiger partial charge in [0, 0.05) is 30.8 Å². The third-order valence-electron chi connectivity index (χ3n) is 4.47. The molecule has 1 aromatic heterocycles. The monoisotopic (exact) mass is 338 g/mol. The van der Waals surface area contributed by atoms with Crippen LogP contribution in [0.5, 0.6) is 5.75 Å². The minimum absolute atomic E-state index is 0.0554. The maximum atomic E-state index is 12.7. The van der Waals surface area contributed by atoms with Gasteiger partial charge in [-0.15, -0.1) is 0 Å². The lowest BCUT2D eigenvalue weighted by Crippen LogP contribution is -2.43. The summed E-state index contributed by atoms with van der Waals surface area (Å²) in [7, 11) is 0. The van der Waals surface area contributed by atoms with Gasteiger partial charge in [0.15, 0.2) is 11.9 Å². The molecule has 5 heteroatoms. The van der Waals surface area contributed by atoms with Crippen LogP contribution in [0.25, 0.3) is 0 Å². The molecule has 0 spiro atoms. The van der Waals surface area contributed by atoms with Gasteiger partial charge in [-0.05, 0) is 31.9 Å². The van der Waals surface area contributed by atoms with Crippen molar-refractivity contribution in [2.45, 2.75) is 38.3 Å². The second-order valence-electron chi connectivity index (χ2n) is 6.27. The fourth-order valence-electron chi connectivity index (χ4n) is 3.20. The zero-order valence-corrected chi connectivity index (χ0v) is 14.3. The van der Waals surface area contributed by atoms with Crippen LogP contribution < -0.4 is 4.74 Å². The van der Waals surface area contributed by atoms with Crippen LogP contribution in [0.1, 0.15) is 36.5 Å². The summed E-state index contributed by atoms with van der Waals surface area (Å²) in [5.41, 5.74) is 0.696. The quantitative estimate of drug-likeness (QED) is 0.759.